The van der Waals surface area contributed by atoms with E-state index in [2.05, 4.69) is 15.8 Å². The van der Waals surface area contributed by atoms with E-state index in [9.17, 15) is 19.5 Å². The molecule has 0 radical (unpaired) electrons. The lowest BCUT2D eigenvalue weighted by Gasteiger charge is -2.37. The summed E-state index contributed by atoms with van der Waals surface area (Å²) in [7, 11) is 0. The summed E-state index contributed by atoms with van der Waals surface area (Å²) < 4.78 is 0. The van der Waals surface area contributed by atoms with Crippen LogP contribution in [0.3, 0.4) is 0 Å². The molecule has 1 saturated carbocycles. The van der Waals surface area contributed by atoms with Crippen LogP contribution in [0.5, 0.6) is 0 Å². The molecule has 0 unspecified atom stereocenters. The van der Waals surface area contributed by atoms with Crippen LogP contribution < -0.4 is 16.0 Å². The molecule has 1 heterocycles. The molecule has 2 N–H and O–H groups in total. The third-order valence-corrected chi connectivity index (χ3v) is 4.18. The zero-order chi connectivity index (χ0) is 16.7. The van der Waals surface area contributed by atoms with Gasteiger partial charge >= 0.3 is 0 Å². The van der Waals surface area contributed by atoms with Crippen LogP contribution in [-0.2, 0) is 9.59 Å². The maximum absolute atomic E-state index is 12.1. The van der Waals surface area contributed by atoms with Gasteiger partial charge in [0.05, 0.1) is 0 Å². The van der Waals surface area contributed by atoms with Crippen molar-refractivity contribution in [1.82, 2.24) is 15.8 Å². The summed E-state index contributed by atoms with van der Waals surface area (Å²) in [6, 6.07) is 4.88. The molecule has 1 aliphatic rings. The lowest BCUT2D eigenvalue weighted by Crippen LogP contribution is -2.45. The Morgan fingerprint density at radius 1 is 1.09 bits per heavy atom. The average Bonchev–Trinajstić information content (AvgIpc) is 2.53. The minimum Gasteiger partial charge on any atom is -0.550 e. The molecule has 23 heavy (non-hydrogen) atoms. The maximum atomic E-state index is 12.1. The van der Waals surface area contributed by atoms with Crippen molar-refractivity contribution in [2.45, 2.75) is 44.9 Å². The van der Waals surface area contributed by atoms with E-state index in [1.165, 1.54) is 12.3 Å². The summed E-state index contributed by atoms with van der Waals surface area (Å²) in [6.07, 6.45) is 5.63. The highest BCUT2D eigenvalue weighted by molar-refractivity contribution is 5.93. The van der Waals surface area contributed by atoms with E-state index in [4.69, 9.17) is 0 Å². The highest BCUT2D eigenvalue weighted by Crippen LogP contribution is 2.41. The number of carbonyl (C=O) groups is 3. The van der Waals surface area contributed by atoms with Gasteiger partial charge in [-0.25, -0.2) is 0 Å². The van der Waals surface area contributed by atoms with E-state index in [0.717, 1.165) is 19.3 Å². The van der Waals surface area contributed by atoms with Crippen molar-refractivity contribution in [1.29, 1.82) is 0 Å². The molecule has 1 aromatic rings. The summed E-state index contributed by atoms with van der Waals surface area (Å²) in [6.45, 7) is 0. The Hall–Kier alpha value is -2.44. The highest BCUT2D eigenvalue weighted by atomic mass is 16.4. The summed E-state index contributed by atoms with van der Waals surface area (Å²) in [5.74, 6) is -2.06. The molecule has 0 bridgehead atoms. The predicted octanol–water partition coefficient (Wildman–Crippen LogP) is 0.323. The van der Waals surface area contributed by atoms with Crippen molar-refractivity contribution in [2.75, 3.05) is 0 Å². The van der Waals surface area contributed by atoms with Crippen molar-refractivity contribution in [3.05, 3.63) is 30.1 Å². The number of carboxylic acid groups (broad SMARTS) is 1. The number of aromatic nitrogens is 1. The van der Waals surface area contributed by atoms with E-state index in [0.29, 0.717) is 12.8 Å². The number of hydrogen-bond acceptors (Lipinski definition) is 5. The van der Waals surface area contributed by atoms with Crippen molar-refractivity contribution in [3.63, 3.8) is 0 Å². The lowest BCUT2D eigenvalue weighted by atomic mass is 9.69. The predicted molar refractivity (Wildman–Crippen MR) is 79.6 cm³/mol. The number of nitrogens with one attached hydrogen (secondary N) is 2. The van der Waals surface area contributed by atoms with Crippen molar-refractivity contribution in [2.24, 2.45) is 5.41 Å². The largest absolute Gasteiger partial charge is 0.550 e. The molecule has 0 spiro atoms. The summed E-state index contributed by atoms with van der Waals surface area (Å²) >= 11 is 0. The van der Waals surface area contributed by atoms with Crippen molar-refractivity contribution >= 4 is 17.8 Å². The third kappa shape index (κ3) is 5.05. The fourth-order valence-corrected chi connectivity index (χ4v) is 3.10. The molecule has 0 atom stereocenters. The first-order valence-electron chi connectivity index (χ1n) is 7.71. The molecule has 7 heteroatoms. The van der Waals surface area contributed by atoms with Crippen LogP contribution in [-0.4, -0.2) is 22.8 Å². The number of carboxylic acids is 1. The second kappa shape index (κ2) is 7.71. The van der Waals surface area contributed by atoms with Crippen LogP contribution in [0, 0.1) is 5.41 Å². The lowest BCUT2D eigenvalue weighted by molar-refractivity contribution is -0.308. The summed E-state index contributed by atoms with van der Waals surface area (Å²) in [5, 5.41) is 11.0. The van der Waals surface area contributed by atoms with Crippen LogP contribution >= 0.6 is 0 Å². The fourth-order valence-electron chi connectivity index (χ4n) is 3.10. The minimum atomic E-state index is -1.14. The van der Waals surface area contributed by atoms with Crippen LogP contribution in [0.2, 0.25) is 0 Å². The Labute approximate surface area is 134 Å². The number of aliphatic carboxylic acids is 1. The van der Waals surface area contributed by atoms with Gasteiger partial charge in [-0.1, -0.05) is 25.3 Å². The van der Waals surface area contributed by atoms with Crippen LogP contribution in [0.25, 0.3) is 0 Å². The van der Waals surface area contributed by atoms with Gasteiger partial charge in [0, 0.05) is 18.6 Å². The molecular weight excluding hydrogens is 298 g/mol. The van der Waals surface area contributed by atoms with Crippen LogP contribution in [0.15, 0.2) is 24.4 Å². The molecule has 7 nitrogen and oxygen atoms in total. The second-order valence-electron chi connectivity index (χ2n) is 6.00. The molecule has 2 rings (SSSR count). The SMILES string of the molecule is O=C([O-])CC1(CC(=O)NNC(=O)c2ccccn2)CCCCC1. The Bertz CT molecular complexity index is 568. The fraction of sp³-hybridized carbons (Fsp3) is 0.500. The number of hydrazine groups is 1. The number of amides is 2. The first kappa shape index (κ1) is 16.9. The van der Waals surface area contributed by atoms with Gasteiger partial charge in [0.1, 0.15) is 5.69 Å². The van der Waals surface area contributed by atoms with E-state index in [1.54, 1.807) is 12.1 Å². The zero-order valence-electron chi connectivity index (χ0n) is 12.8. The van der Waals surface area contributed by atoms with Crippen LogP contribution in [0.1, 0.15) is 55.4 Å². The van der Waals surface area contributed by atoms with Gasteiger partial charge in [0.25, 0.3) is 5.91 Å². The molecule has 2 amide bonds. The summed E-state index contributed by atoms with van der Waals surface area (Å²) in [4.78, 5) is 38.7. The average molecular weight is 318 g/mol. The molecule has 0 aliphatic heterocycles. The van der Waals surface area contributed by atoms with Crippen LogP contribution in [0.4, 0.5) is 0 Å². The number of nitrogens with zero attached hydrogens (tertiary/aromatic N) is 1. The van der Waals surface area contributed by atoms with Gasteiger partial charge < -0.3 is 9.90 Å². The number of carbonyl (C=O) groups excluding carboxylic acids is 3. The monoisotopic (exact) mass is 318 g/mol. The molecule has 0 aromatic carbocycles. The minimum absolute atomic E-state index is 0.0590. The Balaban J connectivity index is 1.89. The van der Waals surface area contributed by atoms with E-state index >= 15 is 0 Å². The molecule has 0 saturated heterocycles. The van der Waals surface area contributed by atoms with Gasteiger partial charge in [-0.15, -0.1) is 0 Å². The van der Waals surface area contributed by atoms with E-state index in [1.807, 2.05) is 0 Å². The first-order valence-corrected chi connectivity index (χ1v) is 7.71. The van der Waals surface area contributed by atoms with Gasteiger partial charge in [0.15, 0.2) is 0 Å². The number of hydrogen-bond donors (Lipinski definition) is 2. The van der Waals surface area contributed by atoms with E-state index in [-0.39, 0.29) is 18.5 Å². The molecule has 1 aromatic heterocycles. The molecule has 124 valence electrons. The van der Waals surface area contributed by atoms with Gasteiger partial charge in [-0.3, -0.25) is 25.4 Å². The molecular formula is C16H20N3O4-. The smallest absolute Gasteiger partial charge is 0.288 e. The standard InChI is InChI=1S/C16H21N3O4/c20-13(18-19-15(23)12-6-2-5-9-17-12)10-16(11-14(21)22)7-3-1-4-8-16/h2,5-6,9H,1,3-4,7-8,10-11H2,(H,18,20)(H,19,23)(H,21,22)/p-1. The third-order valence-electron chi connectivity index (χ3n) is 4.18. The normalized spacial score (nSPS) is 16.3. The van der Waals surface area contributed by atoms with Crippen molar-refractivity contribution < 1.29 is 19.5 Å². The molecule has 1 fully saturated rings. The number of rotatable bonds is 5. The summed E-state index contributed by atoms with van der Waals surface area (Å²) in [5.41, 5.74) is 4.25. The van der Waals surface area contributed by atoms with Gasteiger partial charge in [-0.05, 0) is 36.8 Å². The van der Waals surface area contributed by atoms with Crippen molar-refractivity contribution in [3.8, 4) is 0 Å². The topological polar surface area (TPSA) is 111 Å². The first-order chi connectivity index (χ1) is 11.0. The Kier molecular flexibility index (Phi) is 5.67. The highest BCUT2D eigenvalue weighted by Gasteiger charge is 2.34. The second-order valence-corrected chi connectivity index (χ2v) is 6.00. The quantitative estimate of drug-likeness (QED) is 0.760. The maximum Gasteiger partial charge on any atom is 0.288 e. The number of pyridine rings is 1. The Morgan fingerprint density at radius 3 is 2.43 bits per heavy atom. The molecule has 1 aliphatic carbocycles. The van der Waals surface area contributed by atoms with E-state index < -0.39 is 23.2 Å². The zero-order valence-corrected chi connectivity index (χ0v) is 12.8. The Morgan fingerprint density at radius 2 is 1.83 bits per heavy atom. The van der Waals surface area contributed by atoms with Gasteiger partial charge in [-0.2, -0.15) is 0 Å². The van der Waals surface area contributed by atoms with Gasteiger partial charge in [0.2, 0.25) is 5.91 Å².